The number of piperidine rings is 1. The third-order valence-electron chi connectivity index (χ3n) is 6.01. The van der Waals surface area contributed by atoms with Gasteiger partial charge in [0.15, 0.2) is 0 Å². The fourth-order valence-electron chi connectivity index (χ4n) is 4.27. The number of amides is 1. The molecule has 1 N–H and O–H groups in total. The highest BCUT2D eigenvalue weighted by Crippen LogP contribution is 2.24. The number of hydrogen-bond donors (Lipinski definition) is 1. The fraction of sp³-hybridized carbons (Fsp3) is 0.542. The van der Waals surface area contributed by atoms with Crippen molar-refractivity contribution in [3.8, 4) is 5.75 Å². The summed E-state index contributed by atoms with van der Waals surface area (Å²) in [5.74, 6) is 1.76. The zero-order valence-electron chi connectivity index (χ0n) is 17.5. The minimum atomic E-state index is 0.321. The molecule has 0 aliphatic carbocycles. The molecule has 1 aliphatic rings. The Kier molecular flexibility index (Phi) is 7.32. The van der Waals surface area contributed by atoms with Crippen LogP contribution in [0.15, 0.2) is 36.4 Å². The lowest BCUT2D eigenvalue weighted by molar-refractivity contribution is -0.133. The van der Waals surface area contributed by atoms with Crippen molar-refractivity contribution >= 4 is 16.7 Å². The van der Waals surface area contributed by atoms with E-state index in [1.54, 1.807) is 7.11 Å². The molecule has 0 aromatic heterocycles. The molecular formula is C24H34N2O2. The summed E-state index contributed by atoms with van der Waals surface area (Å²) in [7, 11) is 1.70. The zero-order valence-corrected chi connectivity index (χ0v) is 17.5. The van der Waals surface area contributed by atoms with E-state index in [0.29, 0.717) is 17.9 Å². The maximum atomic E-state index is 12.0. The van der Waals surface area contributed by atoms with E-state index < -0.39 is 0 Å². The molecule has 2 aromatic rings. The molecule has 0 radical (unpaired) electrons. The van der Waals surface area contributed by atoms with Crippen LogP contribution in [0.5, 0.6) is 5.75 Å². The number of likely N-dealkylation sites (tertiary alicyclic amines) is 1. The van der Waals surface area contributed by atoms with Crippen molar-refractivity contribution < 1.29 is 9.53 Å². The summed E-state index contributed by atoms with van der Waals surface area (Å²) in [6.45, 7) is 7.21. The van der Waals surface area contributed by atoms with Crippen LogP contribution in [-0.2, 0) is 11.2 Å². The monoisotopic (exact) mass is 382 g/mol. The minimum absolute atomic E-state index is 0.321. The van der Waals surface area contributed by atoms with Crippen LogP contribution in [-0.4, -0.2) is 43.6 Å². The Balaban J connectivity index is 1.54. The van der Waals surface area contributed by atoms with Gasteiger partial charge in [-0.1, -0.05) is 38.1 Å². The number of benzene rings is 2. The molecule has 2 unspecified atom stereocenters. The first-order valence-electron chi connectivity index (χ1n) is 10.7. The predicted octanol–water partition coefficient (Wildman–Crippen LogP) is 4.41. The Labute approximate surface area is 169 Å². The van der Waals surface area contributed by atoms with Crippen molar-refractivity contribution in [3.63, 3.8) is 0 Å². The fourth-order valence-corrected chi connectivity index (χ4v) is 4.27. The number of methoxy groups -OCH3 is 1. The Bertz CT molecular complexity index is 789. The molecule has 0 spiro atoms. The highest BCUT2D eigenvalue weighted by atomic mass is 16.5. The lowest BCUT2D eigenvalue weighted by atomic mass is 9.91. The van der Waals surface area contributed by atoms with Crippen LogP contribution in [0.1, 0.15) is 45.1 Å². The van der Waals surface area contributed by atoms with E-state index in [4.69, 9.17) is 4.74 Å². The molecule has 2 atom stereocenters. The molecule has 2 aromatic carbocycles. The van der Waals surface area contributed by atoms with Gasteiger partial charge >= 0.3 is 0 Å². The quantitative estimate of drug-likeness (QED) is 0.698. The highest BCUT2D eigenvalue weighted by Gasteiger charge is 2.19. The van der Waals surface area contributed by atoms with Gasteiger partial charge in [0.25, 0.3) is 0 Å². The van der Waals surface area contributed by atoms with Crippen LogP contribution in [0, 0.1) is 5.92 Å². The van der Waals surface area contributed by atoms with Crippen molar-refractivity contribution in [3.05, 3.63) is 42.0 Å². The molecule has 1 fully saturated rings. The Morgan fingerprint density at radius 3 is 2.68 bits per heavy atom. The molecule has 1 heterocycles. The summed E-state index contributed by atoms with van der Waals surface area (Å²) in [6.07, 6.45) is 5.07. The van der Waals surface area contributed by atoms with Gasteiger partial charge in [0.1, 0.15) is 5.75 Å². The summed E-state index contributed by atoms with van der Waals surface area (Å²) in [5.41, 5.74) is 1.37. The Morgan fingerprint density at radius 1 is 1.14 bits per heavy atom. The molecule has 3 rings (SSSR count). The number of rotatable bonds is 9. The summed E-state index contributed by atoms with van der Waals surface area (Å²) >= 11 is 0. The van der Waals surface area contributed by atoms with Crippen molar-refractivity contribution in [2.24, 2.45) is 5.92 Å². The number of carbonyl (C=O) groups excluding carboxylic acids is 1. The lowest BCUT2D eigenvalue weighted by Crippen LogP contribution is -2.43. The van der Waals surface area contributed by atoms with E-state index in [0.717, 1.165) is 57.5 Å². The van der Waals surface area contributed by atoms with Gasteiger partial charge in [-0.2, -0.15) is 0 Å². The standard InChI is InChI=1S/C24H34N2O2/c1-4-23(25-12-14-26-13-6-5-7-24(26)27)18(2)15-19-8-9-21-17-22(28-3)11-10-20(21)16-19/h8-11,16-18,23,25H,4-7,12-15H2,1-3H3. The van der Waals surface area contributed by atoms with Crippen LogP contribution in [0.25, 0.3) is 10.8 Å². The van der Waals surface area contributed by atoms with Crippen molar-refractivity contribution in [2.75, 3.05) is 26.7 Å². The summed E-state index contributed by atoms with van der Waals surface area (Å²) in [5, 5.41) is 6.17. The number of ether oxygens (including phenoxy) is 1. The SMILES string of the molecule is CCC(NCCN1CCCCC1=O)C(C)Cc1ccc2cc(OC)ccc2c1. The topological polar surface area (TPSA) is 41.6 Å². The van der Waals surface area contributed by atoms with Gasteiger partial charge in [-0.15, -0.1) is 0 Å². The van der Waals surface area contributed by atoms with Crippen LogP contribution in [0.2, 0.25) is 0 Å². The van der Waals surface area contributed by atoms with Crippen LogP contribution < -0.4 is 10.1 Å². The van der Waals surface area contributed by atoms with Gasteiger partial charge in [0, 0.05) is 32.1 Å². The molecule has 1 saturated heterocycles. The second-order valence-electron chi connectivity index (χ2n) is 8.04. The largest absolute Gasteiger partial charge is 0.497 e. The maximum Gasteiger partial charge on any atom is 0.222 e. The number of carbonyl (C=O) groups is 1. The number of fused-ring (bicyclic) bond motifs is 1. The maximum absolute atomic E-state index is 12.0. The molecule has 1 amide bonds. The average molecular weight is 383 g/mol. The molecule has 28 heavy (non-hydrogen) atoms. The smallest absolute Gasteiger partial charge is 0.222 e. The van der Waals surface area contributed by atoms with Gasteiger partial charge in [-0.25, -0.2) is 0 Å². The van der Waals surface area contributed by atoms with E-state index in [1.807, 2.05) is 11.0 Å². The van der Waals surface area contributed by atoms with Crippen molar-refractivity contribution in [1.29, 1.82) is 0 Å². The lowest BCUT2D eigenvalue weighted by Gasteiger charge is -2.29. The minimum Gasteiger partial charge on any atom is -0.497 e. The van der Waals surface area contributed by atoms with Crippen molar-refractivity contribution in [2.45, 2.75) is 52.0 Å². The molecule has 4 heteroatoms. The van der Waals surface area contributed by atoms with Gasteiger partial charge < -0.3 is 15.0 Å². The zero-order chi connectivity index (χ0) is 19.9. The van der Waals surface area contributed by atoms with E-state index in [-0.39, 0.29) is 0 Å². The molecule has 152 valence electrons. The molecule has 1 aliphatic heterocycles. The Hall–Kier alpha value is -2.07. The van der Waals surface area contributed by atoms with Gasteiger partial charge in [0.2, 0.25) is 5.91 Å². The predicted molar refractivity (Wildman–Crippen MR) is 116 cm³/mol. The van der Waals surface area contributed by atoms with Gasteiger partial charge in [0.05, 0.1) is 7.11 Å². The summed E-state index contributed by atoms with van der Waals surface area (Å²) < 4.78 is 5.32. The van der Waals surface area contributed by atoms with Crippen LogP contribution in [0.3, 0.4) is 0 Å². The molecule has 0 saturated carbocycles. The molecule has 0 bridgehead atoms. The Morgan fingerprint density at radius 2 is 1.93 bits per heavy atom. The normalized spacial score (nSPS) is 17.0. The third-order valence-corrected chi connectivity index (χ3v) is 6.01. The van der Waals surface area contributed by atoms with Gasteiger partial charge in [-0.05, 0) is 60.1 Å². The van der Waals surface area contributed by atoms with Gasteiger partial charge in [-0.3, -0.25) is 4.79 Å². The first kappa shape index (κ1) is 20.7. The second kappa shape index (κ2) is 9.92. The summed E-state index contributed by atoms with van der Waals surface area (Å²) in [4.78, 5) is 14.0. The van der Waals surface area contributed by atoms with E-state index in [2.05, 4.69) is 49.5 Å². The first-order chi connectivity index (χ1) is 13.6. The number of nitrogens with one attached hydrogen (secondary N) is 1. The number of nitrogens with zero attached hydrogens (tertiary/aromatic N) is 1. The van der Waals surface area contributed by atoms with Crippen molar-refractivity contribution in [1.82, 2.24) is 10.2 Å². The van der Waals surface area contributed by atoms with Crippen LogP contribution >= 0.6 is 0 Å². The first-order valence-corrected chi connectivity index (χ1v) is 10.7. The van der Waals surface area contributed by atoms with Crippen LogP contribution in [0.4, 0.5) is 0 Å². The van der Waals surface area contributed by atoms with E-state index in [9.17, 15) is 4.79 Å². The third kappa shape index (κ3) is 5.26. The average Bonchev–Trinajstić information content (AvgIpc) is 2.72. The molecular weight excluding hydrogens is 348 g/mol. The second-order valence-corrected chi connectivity index (χ2v) is 8.04. The van der Waals surface area contributed by atoms with E-state index in [1.165, 1.54) is 16.3 Å². The summed E-state index contributed by atoms with van der Waals surface area (Å²) in [6, 6.07) is 13.4. The molecule has 4 nitrogen and oxygen atoms in total. The number of hydrogen-bond acceptors (Lipinski definition) is 3. The van der Waals surface area contributed by atoms with E-state index >= 15 is 0 Å². The highest BCUT2D eigenvalue weighted by molar-refractivity contribution is 5.84.